The van der Waals surface area contributed by atoms with Crippen molar-refractivity contribution in [2.75, 3.05) is 198 Å². The maximum Gasteiger partial charge on any atom is 0.326 e. The van der Waals surface area contributed by atoms with E-state index in [0.29, 0.717) is 45.5 Å². The summed E-state index contributed by atoms with van der Waals surface area (Å²) < 4.78 is 63.4. The average Bonchev–Trinajstić information content (AvgIpc) is 3.54. The number of amides is 7. The van der Waals surface area contributed by atoms with Crippen LogP contribution in [0.15, 0.2) is 0 Å². The molecule has 0 aliphatic rings. The van der Waals surface area contributed by atoms with Crippen molar-refractivity contribution in [2.24, 2.45) is 0 Å². The van der Waals surface area contributed by atoms with Crippen molar-refractivity contribution in [3.8, 4) is 0 Å². The molecule has 0 unspecified atom stereocenters. The van der Waals surface area contributed by atoms with Crippen LogP contribution in [-0.4, -0.2) is 274 Å². The van der Waals surface area contributed by atoms with Crippen molar-refractivity contribution in [3.63, 3.8) is 0 Å². The van der Waals surface area contributed by atoms with E-state index in [-0.39, 0.29) is 239 Å². The van der Waals surface area contributed by atoms with Gasteiger partial charge in [0.15, 0.2) is 0 Å². The molecule has 0 spiro atoms. The molecule has 0 aliphatic heterocycles. The SMILES string of the molecule is O=CCOCCOCCNC(=O)COCCOCCNC(=O)COCCOCCNC(=O)COCCOCCNC(=O)COCCOCCNC(=O)COCCOCCNC(=O)CC[C@H](NC(=O)CCCCCCCCCCCCC(=O)O)C(=O)O. The van der Waals surface area contributed by atoms with E-state index in [1.54, 1.807) is 0 Å². The molecule has 0 aromatic rings. The lowest BCUT2D eigenvalue weighted by Gasteiger charge is -2.14. The van der Waals surface area contributed by atoms with E-state index in [4.69, 9.17) is 61.9 Å². The molecule has 0 aliphatic carbocycles. The predicted molar refractivity (Wildman–Crippen MR) is 306 cm³/mol. The standard InChI is InChI=1S/C55H99N7O24/c63-21-28-81-30-29-75-23-16-57-49(66)41-83-37-32-77-25-18-59-51(68)43-85-39-34-79-27-20-61-53(70)45-86-40-35-80-26-19-60-52(69)44-84-38-33-78-24-17-58-50(67)42-82-36-31-76-22-15-56-47(64)14-13-46(55(73)74)62-48(65)11-9-7-5-3-1-2-4-6-8-10-12-54(71)72/h21,46H,1-20,22-45H2,(H,56,64)(H,57,66)(H,58,67)(H,59,68)(H,60,69)(H,61,70)(H,62,65)(H,71,72)(H,73,74)/t46-/m0/s1. The molecule has 0 bridgehead atoms. The lowest BCUT2D eigenvalue weighted by Crippen LogP contribution is -2.41. The quantitative estimate of drug-likeness (QED) is 0.0240. The first-order chi connectivity index (χ1) is 41.8. The highest BCUT2D eigenvalue weighted by atomic mass is 16.6. The summed E-state index contributed by atoms with van der Waals surface area (Å²) >= 11 is 0. The molecular formula is C55H99N7O24. The maximum absolute atomic E-state index is 12.3. The van der Waals surface area contributed by atoms with Gasteiger partial charge in [-0.3, -0.25) is 38.4 Å². The molecule has 0 saturated heterocycles. The number of aldehydes is 1. The van der Waals surface area contributed by atoms with Gasteiger partial charge in [0.1, 0.15) is 52.0 Å². The van der Waals surface area contributed by atoms with E-state index in [1.807, 2.05) is 0 Å². The molecule has 498 valence electrons. The third kappa shape index (κ3) is 61.5. The molecule has 1 atom stereocenters. The van der Waals surface area contributed by atoms with Gasteiger partial charge in [-0.2, -0.15) is 0 Å². The molecule has 31 nitrogen and oxygen atoms in total. The third-order valence-corrected chi connectivity index (χ3v) is 11.3. The van der Waals surface area contributed by atoms with Gasteiger partial charge < -0.3 is 109 Å². The number of carbonyl (C=O) groups excluding carboxylic acids is 8. The summed E-state index contributed by atoms with van der Waals surface area (Å²) in [5.41, 5.74) is 0. The number of hydrogen-bond acceptors (Lipinski definition) is 22. The van der Waals surface area contributed by atoms with Gasteiger partial charge in [0.05, 0.1) is 119 Å². The molecule has 7 amide bonds. The Kier molecular flexibility index (Phi) is 58.4. The van der Waals surface area contributed by atoms with Crippen molar-refractivity contribution in [1.29, 1.82) is 0 Å². The molecule has 86 heavy (non-hydrogen) atoms. The number of unbranched alkanes of at least 4 members (excludes halogenated alkanes) is 9. The van der Waals surface area contributed by atoms with Crippen molar-refractivity contribution in [3.05, 3.63) is 0 Å². The Hall–Kier alpha value is -5.58. The smallest absolute Gasteiger partial charge is 0.326 e. The second kappa shape index (κ2) is 62.5. The van der Waals surface area contributed by atoms with Crippen LogP contribution in [0.3, 0.4) is 0 Å². The number of rotatable bonds is 66. The van der Waals surface area contributed by atoms with E-state index in [2.05, 4.69) is 37.2 Å². The molecular weight excluding hydrogens is 1140 g/mol. The number of aliphatic carboxylic acids is 2. The summed E-state index contributed by atoms with van der Waals surface area (Å²) in [5, 5.41) is 36.5. The zero-order valence-corrected chi connectivity index (χ0v) is 50.1. The lowest BCUT2D eigenvalue weighted by atomic mass is 10.0. The normalized spacial score (nSPS) is 11.3. The predicted octanol–water partition coefficient (Wildman–Crippen LogP) is -1.80. The largest absolute Gasteiger partial charge is 0.481 e. The minimum Gasteiger partial charge on any atom is -0.481 e. The summed E-state index contributed by atoms with van der Waals surface area (Å²) in [4.78, 5) is 116. The number of carbonyl (C=O) groups is 10. The van der Waals surface area contributed by atoms with E-state index < -0.39 is 18.0 Å². The van der Waals surface area contributed by atoms with Crippen LogP contribution in [0.25, 0.3) is 0 Å². The highest BCUT2D eigenvalue weighted by molar-refractivity contribution is 5.84. The van der Waals surface area contributed by atoms with E-state index >= 15 is 0 Å². The first-order valence-electron chi connectivity index (χ1n) is 29.5. The van der Waals surface area contributed by atoms with E-state index in [9.17, 15) is 53.1 Å². The molecule has 0 aromatic carbocycles. The van der Waals surface area contributed by atoms with Gasteiger partial charge in [0.25, 0.3) is 0 Å². The second-order valence-corrected chi connectivity index (χ2v) is 18.7. The topological polar surface area (TPSA) is 406 Å². The number of nitrogens with one attached hydrogen (secondary N) is 7. The average molecular weight is 1240 g/mol. The Balaban J connectivity index is 3.54. The van der Waals surface area contributed by atoms with Crippen molar-refractivity contribution in [2.45, 2.75) is 95.9 Å². The van der Waals surface area contributed by atoms with Gasteiger partial charge in [0, 0.05) is 58.5 Å². The number of ether oxygens (including phenoxy) is 12. The summed E-state index contributed by atoms with van der Waals surface area (Å²) in [6, 6.07) is -1.17. The second-order valence-electron chi connectivity index (χ2n) is 18.7. The fourth-order valence-corrected chi connectivity index (χ4v) is 6.97. The molecule has 0 fully saturated rings. The Morgan fingerprint density at radius 3 is 0.860 bits per heavy atom. The lowest BCUT2D eigenvalue weighted by molar-refractivity contribution is -0.142. The van der Waals surface area contributed by atoms with Crippen molar-refractivity contribution >= 4 is 59.6 Å². The van der Waals surface area contributed by atoms with Crippen molar-refractivity contribution in [1.82, 2.24) is 37.2 Å². The number of carboxylic acids is 2. The summed E-state index contributed by atoms with van der Waals surface area (Å²) in [7, 11) is 0. The van der Waals surface area contributed by atoms with E-state index in [0.717, 1.165) is 51.4 Å². The molecule has 0 aromatic heterocycles. The van der Waals surface area contributed by atoms with Gasteiger partial charge in [-0.15, -0.1) is 0 Å². The maximum atomic E-state index is 12.3. The highest BCUT2D eigenvalue weighted by Crippen LogP contribution is 2.12. The first-order valence-corrected chi connectivity index (χ1v) is 29.5. The molecule has 0 heterocycles. The van der Waals surface area contributed by atoms with Crippen LogP contribution in [0.4, 0.5) is 0 Å². The fraction of sp³-hybridized carbons (Fsp3) is 0.818. The van der Waals surface area contributed by atoms with Crippen LogP contribution in [0, 0.1) is 0 Å². The Morgan fingerprint density at radius 2 is 0.570 bits per heavy atom. The molecule has 9 N–H and O–H groups in total. The highest BCUT2D eigenvalue weighted by Gasteiger charge is 2.21. The minimum absolute atomic E-state index is 0.0221. The Bertz CT molecular complexity index is 1770. The summed E-state index contributed by atoms with van der Waals surface area (Å²) in [6.45, 7) is 4.58. The monoisotopic (exact) mass is 1240 g/mol. The van der Waals surface area contributed by atoms with Gasteiger partial charge in [-0.05, 0) is 19.3 Å². The number of carboxylic acid groups (broad SMARTS) is 2. The van der Waals surface area contributed by atoms with Crippen LogP contribution in [-0.2, 0) is 105 Å². The fourth-order valence-electron chi connectivity index (χ4n) is 6.97. The van der Waals surface area contributed by atoms with Crippen LogP contribution in [0.2, 0.25) is 0 Å². The van der Waals surface area contributed by atoms with Gasteiger partial charge >= 0.3 is 11.9 Å². The van der Waals surface area contributed by atoms with Crippen LogP contribution < -0.4 is 37.2 Å². The molecule has 0 saturated carbocycles. The van der Waals surface area contributed by atoms with Crippen molar-refractivity contribution < 1.29 is 115 Å². The summed E-state index contributed by atoms with van der Waals surface area (Å²) in [6.07, 6.45) is 10.4. The van der Waals surface area contributed by atoms with E-state index in [1.165, 1.54) is 0 Å². The zero-order valence-electron chi connectivity index (χ0n) is 50.1. The molecule has 31 heteroatoms. The Morgan fingerprint density at radius 1 is 0.302 bits per heavy atom. The number of hydrogen-bond donors (Lipinski definition) is 9. The third-order valence-electron chi connectivity index (χ3n) is 11.3. The molecule has 0 rings (SSSR count). The van der Waals surface area contributed by atoms with Gasteiger partial charge in [-0.1, -0.05) is 51.4 Å². The van der Waals surface area contributed by atoms with Gasteiger partial charge in [0.2, 0.25) is 41.4 Å². The summed E-state index contributed by atoms with van der Waals surface area (Å²) in [5.74, 6) is -4.35. The first kappa shape index (κ1) is 80.4. The van der Waals surface area contributed by atoms with Gasteiger partial charge in [-0.25, -0.2) is 4.79 Å². The minimum atomic E-state index is -1.21. The molecule has 0 radical (unpaired) electrons. The Labute approximate surface area is 504 Å². The van der Waals surface area contributed by atoms with Crippen LogP contribution >= 0.6 is 0 Å². The van der Waals surface area contributed by atoms with Crippen LogP contribution in [0.1, 0.15) is 89.9 Å². The van der Waals surface area contributed by atoms with Crippen LogP contribution in [0.5, 0.6) is 0 Å². The zero-order chi connectivity index (χ0) is 63.0.